The van der Waals surface area contributed by atoms with Crippen LogP contribution in [0.1, 0.15) is 77.9 Å². The lowest BCUT2D eigenvalue weighted by molar-refractivity contribution is -0.142. The van der Waals surface area contributed by atoms with E-state index in [-0.39, 0.29) is 11.6 Å². The molecule has 1 aromatic heterocycles. The van der Waals surface area contributed by atoms with Gasteiger partial charge >= 0.3 is 11.7 Å². The number of aromatic nitrogens is 3. The molecule has 2 heterocycles. The second-order valence-corrected chi connectivity index (χ2v) is 9.55. The monoisotopic (exact) mass is 503 g/mol. The molecule has 2 rings (SSSR count). The number of rotatable bonds is 15. The van der Waals surface area contributed by atoms with Gasteiger partial charge in [-0.3, -0.25) is 14.6 Å². The van der Waals surface area contributed by atoms with E-state index in [9.17, 15) is 29.7 Å². The fourth-order valence-electron chi connectivity index (χ4n) is 3.79. The highest BCUT2D eigenvalue weighted by molar-refractivity contribution is 8.00. The lowest BCUT2D eigenvalue weighted by Gasteiger charge is -2.18. The summed E-state index contributed by atoms with van der Waals surface area (Å²) in [5.41, 5.74) is -1.72. The summed E-state index contributed by atoms with van der Waals surface area (Å²) in [6.45, 7) is 3.50. The summed E-state index contributed by atoms with van der Waals surface area (Å²) in [5.74, 6) is -0.470. The number of aliphatic hydroxyl groups excluding tert-OH is 3. The SMILES string of the molecule is CCCCCCCCCCC(Sc1nn([C@@H]2O[C@H](CO)[C@@H](O)[C@H]2O)c(=O)[nH]c1=O)C(=O)OCC. The maximum atomic E-state index is 12.5. The fraction of sp³-hybridized carbons (Fsp3) is 0.818. The van der Waals surface area contributed by atoms with E-state index in [1.54, 1.807) is 6.92 Å². The van der Waals surface area contributed by atoms with E-state index in [0.717, 1.165) is 37.4 Å². The zero-order valence-electron chi connectivity index (χ0n) is 19.9. The van der Waals surface area contributed by atoms with Gasteiger partial charge in [-0.25, -0.2) is 4.79 Å². The van der Waals surface area contributed by atoms with Gasteiger partial charge in [0.2, 0.25) is 0 Å². The lowest BCUT2D eigenvalue weighted by atomic mass is 10.1. The first-order chi connectivity index (χ1) is 16.3. The van der Waals surface area contributed by atoms with Gasteiger partial charge in [0, 0.05) is 0 Å². The molecular formula is C22H37N3O8S. The van der Waals surface area contributed by atoms with Crippen molar-refractivity contribution in [2.24, 2.45) is 0 Å². The minimum absolute atomic E-state index is 0.157. The Morgan fingerprint density at radius 1 is 1.12 bits per heavy atom. The quantitative estimate of drug-likeness (QED) is 0.155. The molecule has 11 nitrogen and oxygen atoms in total. The van der Waals surface area contributed by atoms with Gasteiger partial charge in [0.1, 0.15) is 23.6 Å². The van der Waals surface area contributed by atoms with E-state index >= 15 is 0 Å². The molecule has 1 saturated heterocycles. The molecule has 0 aliphatic carbocycles. The third-order valence-electron chi connectivity index (χ3n) is 5.70. The molecule has 1 unspecified atom stereocenters. The van der Waals surface area contributed by atoms with Crippen LogP contribution in [-0.4, -0.2) is 72.8 Å². The van der Waals surface area contributed by atoms with Crippen LogP contribution in [0.2, 0.25) is 0 Å². The first-order valence-corrected chi connectivity index (χ1v) is 12.9. The van der Waals surface area contributed by atoms with Crippen LogP contribution in [0.15, 0.2) is 14.6 Å². The topological polar surface area (TPSA) is 164 Å². The van der Waals surface area contributed by atoms with Gasteiger partial charge in [-0.1, -0.05) is 70.1 Å². The molecule has 1 aromatic rings. The summed E-state index contributed by atoms with van der Waals surface area (Å²) in [7, 11) is 0. The predicted octanol–water partition coefficient (Wildman–Crippen LogP) is 1.10. The van der Waals surface area contributed by atoms with Crippen LogP contribution in [0.5, 0.6) is 0 Å². The third kappa shape index (κ3) is 7.91. The number of carbonyl (C=O) groups is 1. The Morgan fingerprint density at radius 3 is 2.35 bits per heavy atom. The Morgan fingerprint density at radius 2 is 1.76 bits per heavy atom. The summed E-state index contributed by atoms with van der Waals surface area (Å²) in [4.78, 5) is 39.3. The zero-order chi connectivity index (χ0) is 25.1. The third-order valence-corrected chi connectivity index (χ3v) is 6.91. The zero-order valence-corrected chi connectivity index (χ0v) is 20.7. The highest BCUT2D eigenvalue weighted by Crippen LogP contribution is 2.29. The number of nitrogens with zero attached hydrogens (tertiary/aromatic N) is 2. The van der Waals surface area contributed by atoms with Crippen LogP contribution >= 0.6 is 11.8 Å². The van der Waals surface area contributed by atoms with Crippen molar-refractivity contribution in [2.75, 3.05) is 13.2 Å². The van der Waals surface area contributed by atoms with Crippen molar-refractivity contribution in [2.45, 2.75) is 106 Å². The second-order valence-electron chi connectivity index (χ2n) is 8.36. The van der Waals surface area contributed by atoms with Crippen molar-refractivity contribution < 1.29 is 29.6 Å². The van der Waals surface area contributed by atoms with E-state index in [4.69, 9.17) is 9.47 Å². The Bertz CT molecular complexity index is 876. The highest BCUT2D eigenvalue weighted by Gasteiger charge is 2.44. The predicted molar refractivity (Wildman–Crippen MR) is 126 cm³/mol. The molecule has 1 aliphatic heterocycles. The summed E-state index contributed by atoms with van der Waals surface area (Å²) in [6, 6.07) is 0. The van der Waals surface area contributed by atoms with Crippen molar-refractivity contribution in [1.29, 1.82) is 0 Å². The Kier molecular flexibility index (Phi) is 12.3. The largest absolute Gasteiger partial charge is 0.465 e. The number of thioether (sulfide) groups is 1. The molecule has 0 spiro atoms. The van der Waals surface area contributed by atoms with Gasteiger partial charge in [-0.05, 0) is 13.3 Å². The molecule has 1 fully saturated rings. The number of aliphatic hydroxyl groups is 3. The molecule has 0 amide bonds. The number of ether oxygens (including phenoxy) is 2. The maximum absolute atomic E-state index is 12.5. The number of esters is 1. The van der Waals surface area contributed by atoms with Crippen LogP contribution in [0, 0.1) is 0 Å². The van der Waals surface area contributed by atoms with Crippen LogP contribution in [0.25, 0.3) is 0 Å². The maximum Gasteiger partial charge on any atom is 0.347 e. The smallest absolute Gasteiger partial charge is 0.347 e. The molecule has 34 heavy (non-hydrogen) atoms. The fourth-order valence-corrected chi connectivity index (χ4v) is 4.80. The van der Waals surface area contributed by atoms with Gasteiger partial charge in [-0.2, -0.15) is 9.78 Å². The minimum atomic E-state index is -1.54. The van der Waals surface area contributed by atoms with Crippen molar-refractivity contribution in [3.63, 3.8) is 0 Å². The number of aromatic amines is 1. The van der Waals surface area contributed by atoms with E-state index in [2.05, 4.69) is 17.0 Å². The first kappa shape index (κ1) is 28.5. The first-order valence-electron chi connectivity index (χ1n) is 12.0. The second kappa shape index (κ2) is 14.6. The molecule has 0 radical (unpaired) electrons. The minimum Gasteiger partial charge on any atom is -0.465 e. The summed E-state index contributed by atoms with van der Waals surface area (Å²) >= 11 is 0.890. The van der Waals surface area contributed by atoms with Gasteiger partial charge in [0.25, 0.3) is 5.56 Å². The van der Waals surface area contributed by atoms with Gasteiger partial charge in [0.15, 0.2) is 11.3 Å². The summed E-state index contributed by atoms with van der Waals surface area (Å²) < 4.78 is 11.2. The Hall–Kier alpha value is -1.73. The Balaban J connectivity index is 2.08. The average molecular weight is 504 g/mol. The van der Waals surface area contributed by atoms with E-state index < -0.39 is 53.6 Å². The van der Waals surface area contributed by atoms with Gasteiger partial charge < -0.3 is 24.8 Å². The summed E-state index contributed by atoms with van der Waals surface area (Å²) in [5, 5.41) is 32.6. The van der Waals surface area contributed by atoms with Crippen LogP contribution in [-0.2, 0) is 14.3 Å². The molecule has 0 aromatic carbocycles. The molecule has 0 saturated carbocycles. The number of nitrogens with one attached hydrogen (secondary N) is 1. The van der Waals surface area contributed by atoms with Crippen LogP contribution in [0.3, 0.4) is 0 Å². The Labute approximate surface area is 202 Å². The standard InChI is InChI=1S/C22H37N3O8S/c1-3-5-6-7-8-9-10-11-12-15(21(30)32-4-2)34-19-18(29)23-22(31)25(24-19)20-17(28)16(27)14(13-26)33-20/h14-17,20,26-28H,3-13H2,1-2H3,(H,23,29,31)/t14-,15?,16-,17-,20-/m1/s1. The molecule has 4 N–H and O–H groups in total. The van der Waals surface area contributed by atoms with E-state index in [0.29, 0.717) is 11.1 Å². The van der Waals surface area contributed by atoms with Crippen LogP contribution in [0.4, 0.5) is 0 Å². The van der Waals surface area contributed by atoms with Gasteiger partial charge in [-0.15, -0.1) is 0 Å². The van der Waals surface area contributed by atoms with E-state index in [1.807, 2.05) is 0 Å². The summed E-state index contributed by atoms with van der Waals surface area (Å²) in [6.07, 6.45) is 3.83. The number of H-pyrrole nitrogens is 1. The molecule has 0 bridgehead atoms. The number of carbonyl (C=O) groups excluding carboxylic acids is 1. The van der Waals surface area contributed by atoms with Crippen molar-refractivity contribution in [3.05, 3.63) is 20.8 Å². The molecular weight excluding hydrogens is 466 g/mol. The molecule has 194 valence electrons. The van der Waals surface area contributed by atoms with Gasteiger partial charge in [0.05, 0.1) is 13.2 Å². The average Bonchev–Trinajstić information content (AvgIpc) is 3.10. The normalized spacial score (nSPS) is 23.2. The number of hydrogen-bond donors (Lipinski definition) is 4. The van der Waals surface area contributed by atoms with Crippen molar-refractivity contribution in [3.8, 4) is 0 Å². The molecule has 12 heteroatoms. The number of unbranched alkanes of at least 4 members (excludes halogenated alkanes) is 7. The van der Waals surface area contributed by atoms with E-state index in [1.165, 1.54) is 25.7 Å². The van der Waals surface area contributed by atoms with Crippen molar-refractivity contribution >= 4 is 17.7 Å². The number of hydrogen-bond acceptors (Lipinski definition) is 10. The van der Waals surface area contributed by atoms with Crippen molar-refractivity contribution in [1.82, 2.24) is 14.8 Å². The van der Waals surface area contributed by atoms with Crippen LogP contribution < -0.4 is 11.2 Å². The lowest BCUT2D eigenvalue weighted by Crippen LogP contribution is -2.40. The molecule has 5 atom stereocenters. The highest BCUT2D eigenvalue weighted by atomic mass is 32.2. The molecule has 1 aliphatic rings.